The van der Waals surface area contributed by atoms with Gasteiger partial charge in [0.2, 0.25) is 0 Å². The van der Waals surface area contributed by atoms with Crippen molar-refractivity contribution in [3.63, 3.8) is 0 Å². The molecule has 2 rings (SSSR count). The lowest BCUT2D eigenvalue weighted by Gasteiger charge is -2.22. The Morgan fingerprint density at radius 2 is 2.00 bits per heavy atom. The van der Waals surface area contributed by atoms with Crippen LogP contribution in [0.1, 0.15) is 32.3 Å². The quantitative estimate of drug-likeness (QED) is 0.783. The van der Waals surface area contributed by atoms with Crippen LogP contribution in [0.2, 0.25) is 0 Å². The summed E-state index contributed by atoms with van der Waals surface area (Å²) < 4.78 is 6.07. The van der Waals surface area contributed by atoms with Gasteiger partial charge in [-0.3, -0.25) is 0 Å². The second kappa shape index (κ2) is 7.79. The van der Waals surface area contributed by atoms with Crippen molar-refractivity contribution in [1.29, 1.82) is 0 Å². The molecule has 0 amide bonds. The molecular weight excluding hydrogens is 344 g/mol. The summed E-state index contributed by atoms with van der Waals surface area (Å²) in [6.45, 7) is 5.10. The third-order valence-electron chi connectivity index (χ3n) is 3.84. The first-order valence-corrected chi connectivity index (χ1v) is 8.49. The van der Waals surface area contributed by atoms with Crippen LogP contribution in [-0.4, -0.2) is 30.7 Å². The third-order valence-corrected chi connectivity index (χ3v) is 4.37. The van der Waals surface area contributed by atoms with Crippen LogP contribution >= 0.6 is 15.9 Å². The van der Waals surface area contributed by atoms with Crippen LogP contribution in [0.15, 0.2) is 40.0 Å². The molecule has 1 aromatic carbocycles. The number of esters is 1. The van der Waals surface area contributed by atoms with Crippen LogP contribution < -0.4 is 5.43 Å². The number of carbonyl (C=O) groups is 1. The van der Waals surface area contributed by atoms with Crippen molar-refractivity contribution in [2.45, 2.75) is 39.2 Å². The summed E-state index contributed by atoms with van der Waals surface area (Å²) in [6, 6.07) is 8.17. The zero-order valence-corrected chi connectivity index (χ0v) is 14.9. The fraction of sp³-hybridized carbons (Fsp3) is 0.471. The van der Waals surface area contributed by atoms with Crippen LogP contribution in [-0.2, 0) is 16.0 Å². The summed E-state index contributed by atoms with van der Waals surface area (Å²) >= 11 is 3.45. The Bertz CT molecular complexity index is 554. The van der Waals surface area contributed by atoms with Crippen molar-refractivity contribution >= 4 is 21.9 Å². The van der Waals surface area contributed by atoms with E-state index in [2.05, 4.69) is 52.3 Å². The van der Waals surface area contributed by atoms with Crippen molar-refractivity contribution < 1.29 is 9.53 Å². The number of allylic oxidation sites excluding steroid dienone is 1. The van der Waals surface area contributed by atoms with E-state index in [4.69, 9.17) is 4.74 Å². The van der Waals surface area contributed by atoms with Gasteiger partial charge in [0.1, 0.15) is 0 Å². The molecule has 1 aliphatic heterocycles. The van der Waals surface area contributed by atoms with Gasteiger partial charge in [-0.2, -0.15) is 0 Å². The summed E-state index contributed by atoms with van der Waals surface area (Å²) in [5, 5.41) is 2.11. The Labute approximate surface area is 140 Å². The molecule has 4 nitrogen and oxygen atoms in total. The first-order valence-electron chi connectivity index (χ1n) is 7.70. The molecule has 0 aliphatic carbocycles. The molecule has 22 heavy (non-hydrogen) atoms. The molecule has 0 fully saturated rings. The molecule has 0 bridgehead atoms. The minimum absolute atomic E-state index is 0.0323. The fourth-order valence-electron chi connectivity index (χ4n) is 2.86. The summed E-state index contributed by atoms with van der Waals surface area (Å²) in [5.74, 6) is -0.231. The number of hydrazine groups is 1. The summed E-state index contributed by atoms with van der Waals surface area (Å²) in [5.41, 5.74) is 6.48. The molecule has 5 heteroatoms. The average Bonchev–Trinajstić information content (AvgIpc) is 2.86. The van der Waals surface area contributed by atoms with E-state index in [1.54, 1.807) is 0 Å². The van der Waals surface area contributed by atoms with Gasteiger partial charge in [0.15, 0.2) is 0 Å². The number of carbonyl (C=O) groups excluding carboxylic acids is 1. The van der Waals surface area contributed by atoms with Crippen molar-refractivity contribution in [2.24, 2.45) is 0 Å². The van der Waals surface area contributed by atoms with Gasteiger partial charge in [0.25, 0.3) is 0 Å². The molecule has 1 atom stereocenters. The Kier molecular flexibility index (Phi) is 6.03. The number of benzene rings is 1. The highest BCUT2D eigenvalue weighted by Gasteiger charge is 2.34. The van der Waals surface area contributed by atoms with Gasteiger partial charge in [0.05, 0.1) is 18.7 Å². The molecule has 1 N–H and O–H groups in total. The number of hydrogen-bond acceptors (Lipinski definition) is 4. The lowest BCUT2D eigenvalue weighted by Crippen LogP contribution is -2.39. The summed E-state index contributed by atoms with van der Waals surface area (Å²) in [6.07, 6.45) is 2.60. The second-order valence-corrected chi connectivity index (χ2v) is 6.29. The largest absolute Gasteiger partial charge is 0.466 e. The molecular formula is C17H23BrN2O2. The van der Waals surface area contributed by atoms with Crippen LogP contribution in [0.3, 0.4) is 0 Å². The molecule has 0 radical (unpaired) electrons. The lowest BCUT2D eigenvalue weighted by atomic mass is 9.98. The van der Waals surface area contributed by atoms with Crippen molar-refractivity contribution in [2.75, 3.05) is 13.7 Å². The standard InChI is InChI=1S/C17H23BrN2O2/c1-4-10-20-15(5-2)16(17(21)22-3)14(19-20)11-12-6-8-13(18)9-7-12/h6-9,14,19H,4-5,10-11H2,1-3H3. The van der Waals surface area contributed by atoms with Gasteiger partial charge >= 0.3 is 5.97 Å². The molecule has 0 saturated carbocycles. The average molecular weight is 367 g/mol. The zero-order valence-electron chi connectivity index (χ0n) is 13.4. The van der Waals surface area contributed by atoms with Crippen molar-refractivity contribution in [1.82, 2.24) is 10.4 Å². The predicted octanol–water partition coefficient (Wildman–Crippen LogP) is 3.43. The SMILES string of the molecule is CCCN1NC(Cc2ccc(Br)cc2)C(C(=O)OC)=C1CC. The third kappa shape index (κ3) is 3.70. The minimum Gasteiger partial charge on any atom is -0.466 e. The minimum atomic E-state index is -0.231. The monoisotopic (exact) mass is 366 g/mol. The lowest BCUT2D eigenvalue weighted by molar-refractivity contribution is -0.136. The highest BCUT2D eigenvalue weighted by molar-refractivity contribution is 9.10. The Balaban J connectivity index is 2.27. The van der Waals surface area contributed by atoms with Gasteiger partial charge in [-0.1, -0.05) is 41.9 Å². The van der Waals surface area contributed by atoms with E-state index in [1.165, 1.54) is 12.7 Å². The van der Waals surface area contributed by atoms with E-state index in [0.717, 1.165) is 41.6 Å². The highest BCUT2D eigenvalue weighted by Crippen LogP contribution is 2.27. The van der Waals surface area contributed by atoms with Crippen LogP contribution in [0, 0.1) is 0 Å². The zero-order chi connectivity index (χ0) is 16.1. The van der Waals surface area contributed by atoms with Gasteiger partial charge < -0.3 is 9.75 Å². The topological polar surface area (TPSA) is 41.6 Å². The van der Waals surface area contributed by atoms with E-state index >= 15 is 0 Å². The molecule has 0 saturated heterocycles. The van der Waals surface area contributed by atoms with E-state index in [0.29, 0.717) is 0 Å². The van der Waals surface area contributed by atoms with Crippen LogP contribution in [0.25, 0.3) is 0 Å². The maximum atomic E-state index is 12.2. The van der Waals surface area contributed by atoms with Gasteiger partial charge in [-0.25, -0.2) is 10.2 Å². The van der Waals surface area contributed by atoms with E-state index in [9.17, 15) is 4.79 Å². The van der Waals surface area contributed by atoms with Crippen LogP contribution in [0.5, 0.6) is 0 Å². The number of hydrogen-bond donors (Lipinski definition) is 1. The Morgan fingerprint density at radius 3 is 2.55 bits per heavy atom. The highest BCUT2D eigenvalue weighted by atomic mass is 79.9. The number of nitrogens with zero attached hydrogens (tertiary/aromatic N) is 1. The molecule has 120 valence electrons. The van der Waals surface area contributed by atoms with E-state index < -0.39 is 0 Å². The second-order valence-electron chi connectivity index (χ2n) is 5.37. The first-order chi connectivity index (χ1) is 10.6. The summed E-state index contributed by atoms with van der Waals surface area (Å²) in [7, 11) is 1.45. The van der Waals surface area contributed by atoms with Crippen molar-refractivity contribution in [3.8, 4) is 0 Å². The molecule has 0 spiro atoms. The first kappa shape index (κ1) is 17.0. The number of halogens is 1. The van der Waals surface area contributed by atoms with Crippen molar-refractivity contribution in [3.05, 3.63) is 45.6 Å². The summed E-state index contributed by atoms with van der Waals surface area (Å²) in [4.78, 5) is 12.2. The molecule has 1 unspecified atom stereocenters. The Hall–Kier alpha value is -1.33. The number of nitrogens with one attached hydrogen (secondary N) is 1. The number of methoxy groups -OCH3 is 1. The molecule has 1 aliphatic rings. The van der Waals surface area contributed by atoms with Crippen LogP contribution in [0.4, 0.5) is 0 Å². The van der Waals surface area contributed by atoms with Gasteiger partial charge in [0, 0.05) is 16.7 Å². The number of rotatable bonds is 6. The maximum absolute atomic E-state index is 12.2. The van der Waals surface area contributed by atoms with Gasteiger partial charge in [-0.05, 0) is 37.0 Å². The molecule has 1 aromatic rings. The maximum Gasteiger partial charge on any atom is 0.337 e. The van der Waals surface area contributed by atoms with E-state index in [-0.39, 0.29) is 12.0 Å². The predicted molar refractivity (Wildman–Crippen MR) is 91.1 cm³/mol. The fourth-order valence-corrected chi connectivity index (χ4v) is 3.12. The number of ether oxygens (including phenoxy) is 1. The molecule has 1 heterocycles. The Morgan fingerprint density at radius 1 is 1.32 bits per heavy atom. The normalized spacial score (nSPS) is 18.0. The smallest absolute Gasteiger partial charge is 0.337 e. The van der Waals surface area contributed by atoms with E-state index in [1.807, 2.05) is 12.1 Å². The molecule has 0 aromatic heterocycles. The van der Waals surface area contributed by atoms with Gasteiger partial charge in [-0.15, -0.1) is 0 Å².